The summed E-state index contributed by atoms with van der Waals surface area (Å²) in [6.07, 6.45) is 0. The molecule has 0 unspecified atom stereocenters. The number of carbonyl (C=O) groups excluding carboxylic acids is 1. The zero-order chi connectivity index (χ0) is 20.5. The second-order valence-electron chi connectivity index (χ2n) is 5.85. The van der Waals surface area contributed by atoms with Gasteiger partial charge in [-0.15, -0.1) is 0 Å². The molecule has 0 fully saturated rings. The Bertz CT molecular complexity index is 1280. The summed E-state index contributed by atoms with van der Waals surface area (Å²) in [5.41, 5.74) is -1.73. The van der Waals surface area contributed by atoms with Crippen molar-refractivity contribution in [2.75, 3.05) is 4.72 Å². The number of aromatic nitrogens is 2. The van der Waals surface area contributed by atoms with Gasteiger partial charge in [0, 0.05) is 21.8 Å². The van der Waals surface area contributed by atoms with Crippen LogP contribution in [0.4, 0.5) is 5.69 Å². The molecule has 2 aromatic carbocycles. The highest BCUT2D eigenvalue weighted by atomic mass is 35.5. The molecule has 0 saturated carbocycles. The number of hydrogen-bond acceptors (Lipinski definition) is 5. The van der Waals surface area contributed by atoms with Crippen molar-refractivity contribution >= 4 is 33.1 Å². The van der Waals surface area contributed by atoms with Crippen LogP contribution in [0.2, 0.25) is 5.02 Å². The van der Waals surface area contributed by atoms with Gasteiger partial charge in [-0.1, -0.05) is 41.9 Å². The number of hydrogen-bond donors (Lipinski definition) is 3. The average molecular weight is 420 g/mol. The second kappa shape index (κ2) is 7.45. The molecule has 3 N–H and O–H groups in total. The van der Waals surface area contributed by atoms with E-state index < -0.39 is 32.0 Å². The number of halogens is 1. The SMILES string of the molecule is Cc1[nH]c(=O)[nH]c(=O)c1S(=O)(=O)Nc1ccc(Cl)cc1C(=O)c1ccccc1. The van der Waals surface area contributed by atoms with Crippen LogP contribution >= 0.6 is 11.6 Å². The molecule has 0 bridgehead atoms. The Morgan fingerprint density at radius 3 is 2.36 bits per heavy atom. The van der Waals surface area contributed by atoms with Crippen LogP contribution in [0.15, 0.2) is 63.0 Å². The zero-order valence-corrected chi connectivity index (χ0v) is 16.0. The molecule has 0 aliphatic rings. The van der Waals surface area contributed by atoms with E-state index in [0.717, 1.165) is 0 Å². The quantitative estimate of drug-likeness (QED) is 0.545. The Balaban J connectivity index is 2.10. The summed E-state index contributed by atoms with van der Waals surface area (Å²) in [5.74, 6) is -0.451. The predicted octanol–water partition coefficient (Wildman–Crippen LogP) is 2.06. The molecular formula is C18H14ClN3O5S. The van der Waals surface area contributed by atoms with Crippen molar-refractivity contribution in [2.24, 2.45) is 0 Å². The van der Waals surface area contributed by atoms with Crippen molar-refractivity contribution in [3.05, 3.63) is 91.2 Å². The second-order valence-corrected chi connectivity index (χ2v) is 7.91. The maximum atomic E-state index is 12.8. The lowest BCUT2D eigenvalue weighted by Gasteiger charge is -2.13. The van der Waals surface area contributed by atoms with Crippen LogP contribution in [-0.2, 0) is 10.0 Å². The maximum absolute atomic E-state index is 12.8. The summed E-state index contributed by atoms with van der Waals surface area (Å²) in [6.45, 7) is 1.28. The van der Waals surface area contributed by atoms with E-state index in [9.17, 15) is 22.8 Å². The highest BCUT2D eigenvalue weighted by molar-refractivity contribution is 7.92. The zero-order valence-electron chi connectivity index (χ0n) is 14.4. The van der Waals surface area contributed by atoms with Crippen molar-refractivity contribution in [3.63, 3.8) is 0 Å². The van der Waals surface area contributed by atoms with Gasteiger partial charge in [0.2, 0.25) is 0 Å². The molecule has 144 valence electrons. The fraction of sp³-hybridized carbons (Fsp3) is 0.0556. The number of sulfonamides is 1. The summed E-state index contributed by atoms with van der Waals surface area (Å²) in [6, 6.07) is 12.3. The largest absolute Gasteiger partial charge is 0.325 e. The third-order valence-electron chi connectivity index (χ3n) is 3.85. The first-order chi connectivity index (χ1) is 13.2. The lowest BCUT2D eigenvalue weighted by atomic mass is 10.0. The normalized spacial score (nSPS) is 11.2. The topological polar surface area (TPSA) is 129 Å². The van der Waals surface area contributed by atoms with Gasteiger partial charge in [-0.25, -0.2) is 13.2 Å². The summed E-state index contributed by atoms with van der Waals surface area (Å²) in [7, 11) is -4.40. The first kappa shape index (κ1) is 19.6. The molecule has 10 heteroatoms. The van der Waals surface area contributed by atoms with Gasteiger partial charge < -0.3 is 4.98 Å². The van der Waals surface area contributed by atoms with Crippen molar-refractivity contribution in [1.29, 1.82) is 0 Å². The fourth-order valence-corrected chi connectivity index (χ4v) is 4.14. The minimum atomic E-state index is -4.40. The van der Waals surface area contributed by atoms with E-state index in [0.29, 0.717) is 5.56 Å². The Morgan fingerprint density at radius 1 is 1.04 bits per heavy atom. The number of rotatable bonds is 5. The monoisotopic (exact) mass is 419 g/mol. The molecule has 0 amide bonds. The number of carbonyl (C=O) groups is 1. The Morgan fingerprint density at radius 2 is 1.71 bits per heavy atom. The van der Waals surface area contributed by atoms with Crippen molar-refractivity contribution in [1.82, 2.24) is 9.97 Å². The van der Waals surface area contributed by atoms with Crippen molar-refractivity contribution in [3.8, 4) is 0 Å². The van der Waals surface area contributed by atoms with E-state index in [1.54, 1.807) is 30.3 Å². The van der Waals surface area contributed by atoms with Crippen LogP contribution in [0, 0.1) is 6.92 Å². The maximum Gasteiger partial charge on any atom is 0.325 e. The predicted molar refractivity (Wildman–Crippen MR) is 105 cm³/mol. The molecular weight excluding hydrogens is 406 g/mol. The van der Waals surface area contributed by atoms with E-state index >= 15 is 0 Å². The van der Waals surface area contributed by atoms with Gasteiger partial charge >= 0.3 is 5.69 Å². The summed E-state index contributed by atoms with van der Waals surface area (Å²) >= 11 is 5.98. The van der Waals surface area contributed by atoms with Crippen LogP contribution in [0.3, 0.4) is 0 Å². The molecule has 0 atom stereocenters. The van der Waals surface area contributed by atoms with Gasteiger partial charge in [0.1, 0.15) is 0 Å². The highest BCUT2D eigenvalue weighted by Crippen LogP contribution is 2.25. The first-order valence-electron chi connectivity index (χ1n) is 7.94. The van der Waals surface area contributed by atoms with Gasteiger partial charge in [0.15, 0.2) is 10.7 Å². The van der Waals surface area contributed by atoms with Gasteiger partial charge in [0.25, 0.3) is 15.6 Å². The molecule has 0 saturated heterocycles. The third kappa shape index (κ3) is 3.90. The minimum absolute atomic E-state index is 0.0146. The summed E-state index contributed by atoms with van der Waals surface area (Å²) < 4.78 is 27.7. The van der Waals surface area contributed by atoms with Crippen LogP contribution in [0.5, 0.6) is 0 Å². The van der Waals surface area contributed by atoms with Crippen LogP contribution in [-0.4, -0.2) is 24.2 Å². The number of anilines is 1. The molecule has 28 heavy (non-hydrogen) atoms. The first-order valence-corrected chi connectivity index (χ1v) is 9.80. The molecule has 0 radical (unpaired) electrons. The number of nitrogens with one attached hydrogen (secondary N) is 3. The molecule has 1 heterocycles. The van der Waals surface area contributed by atoms with Crippen LogP contribution < -0.4 is 16.0 Å². The van der Waals surface area contributed by atoms with E-state index in [1.165, 1.54) is 25.1 Å². The number of aryl methyl sites for hydroxylation is 1. The van der Waals surface area contributed by atoms with E-state index in [4.69, 9.17) is 11.6 Å². The molecule has 3 rings (SSSR count). The molecule has 8 nitrogen and oxygen atoms in total. The molecule has 3 aromatic rings. The van der Waals surface area contributed by atoms with Crippen molar-refractivity contribution < 1.29 is 13.2 Å². The Kier molecular flexibility index (Phi) is 5.21. The van der Waals surface area contributed by atoms with Crippen LogP contribution in [0.1, 0.15) is 21.6 Å². The molecule has 0 aliphatic carbocycles. The minimum Gasteiger partial charge on any atom is -0.310 e. The number of aromatic amines is 2. The lowest BCUT2D eigenvalue weighted by molar-refractivity contribution is 0.103. The summed E-state index contributed by atoms with van der Waals surface area (Å²) in [5, 5.41) is 0.236. The average Bonchev–Trinajstić information content (AvgIpc) is 2.62. The smallest absolute Gasteiger partial charge is 0.310 e. The molecule has 0 aliphatic heterocycles. The lowest BCUT2D eigenvalue weighted by Crippen LogP contribution is -2.31. The van der Waals surface area contributed by atoms with Gasteiger partial charge in [0.05, 0.1) is 5.69 Å². The van der Waals surface area contributed by atoms with Gasteiger partial charge in [-0.2, -0.15) is 0 Å². The van der Waals surface area contributed by atoms with Crippen molar-refractivity contribution in [2.45, 2.75) is 11.8 Å². The fourth-order valence-electron chi connectivity index (χ4n) is 2.65. The van der Waals surface area contributed by atoms with Gasteiger partial charge in [-0.3, -0.25) is 19.3 Å². The van der Waals surface area contributed by atoms with E-state index in [-0.39, 0.29) is 22.0 Å². The summed E-state index contributed by atoms with van der Waals surface area (Å²) in [4.78, 5) is 39.6. The third-order valence-corrected chi connectivity index (χ3v) is 5.60. The number of benzene rings is 2. The highest BCUT2D eigenvalue weighted by Gasteiger charge is 2.25. The van der Waals surface area contributed by atoms with Gasteiger partial charge in [-0.05, 0) is 25.1 Å². The Labute approximate surface area is 164 Å². The van der Waals surface area contributed by atoms with E-state index in [2.05, 4.69) is 9.71 Å². The number of ketones is 1. The van der Waals surface area contributed by atoms with Crippen LogP contribution in [0.25, 0.3) is 0 Å². The standard InChI is InChI=1S/C18H14ClN3O5S/c1-10-16(17(24)21-18(25)20-10)28(26,27)22-14-8-7-12(19)9-13(14)15(23)11-5-3-2-4-6-11/h2-9,22H,1H3,(H2,20,21,24,25). The number of H-pyrrole nitrogens is 2. The molecule has 1 aromatic heterocycles. The van der Waals surface area contributed by atoms with E-state index in [1.807, 2.05) is 4.98 Å². The Hall–Kier alpha value is -3.17. The molecule has 0 spiro atoms.